The number of rotatable bonds is 3. The average molecular weight is 211 g/mol. The van der Waals surface area contributed by atoms with Crippen LogP contribution < -0.4 is 11.1 Å². The molecule has 2 atom stereocenters. The first-order valence-electron chi connectivity index (χ1n) is 5.43. The summed E-state index contributed by atoms with van der Waals surface area (Å²) in [6.45, 7) is 2.30. The van der Waals surface area contributed by atoms with Crippen LogP contribution >= 0.6 is 0 Å². The van der Waals surface area contributed by atoms with E-state index in [1.807, 2.05) is 4.90 Å². The van der Waals surface area contributed by atoms with Crippen LogP contribution in [0, 0.1) is 0 Å². The molecule has 1 unspecified atom stereocenters. The van der Waals surface area contributed by atoms with Crippen molar-refractivity contribution in [2.24, 2.45) is 5.73 Å². The summed E-state index contributed by atoms with van der Waals surface area (Å²) >= 11 is 0. The minimum absolute atomic E-state index is 0.0448. The van der Waals surface area contributed by atoms with E-state index in [9.17, 15) is 9.59 Å². The fourth-order valence-electron chi connectivity index (χ4n) is 1.90. The lowest BCUT2D eigenvalue weighted by molar-refractivity contribution is -0.128. The first-order chi connectivity index (χ1) is 7.08. The summed E-state index contributed by atoms with van der Waals surface area (Å²) < 4.78 is 0. The highest BCUT2D eigenvalue weighted by Gasteiger charge is 2.39. The van der Waals surface area contributed by atoms with Crippen molar-refractivity contribution in [3.63, 3.8) is 0 Å². The van der Waals surface area contributed by atoms with Gasteiger partial charge in [0.05, 0.1) is 12.1 Å². The van der Waals surface area contributed by atoms with Crippen molar-refractivity contribution in [3.05, 3.63) is 0 Å². The highest BCUT2D eigenvalue weighted by Crippen LogP contribution is 2.30. The summed E-state index contributed by atoms with van der Waals surface area (Å²) in [4.78, 5) is 24.8. The van der Waals surface area contributed by atoms with Crippen LogP contribution in [0.1, 0.15) is 26.2 Å². The third kappa shape index (κ3) is 2.28. The number of carbonyl (C=O) groups excluding carboxylic acids is 2. The Hall–Kier alpha value is -1.10. The molecule has 0 aromatic heterocycles. The number of amides is 2. The fraction of sp³-hybridized carbons (Fsp3) is 0.800. The first-order valence-corrected chi connectivity index (χ1v) is 5.43. The van der Waals surface area contributed by atoms with Crippen LogP contribution in [0.5, 0.6) is 0 Å². The highest BCUT2D eigenvalue weighted by atomic mass is 16.2. The van der Waals surface area contributed by atoms with E-state index in [2.05, 4.69) is 5.32 Å². The Balaban J connectivity index is 1.85. The zero-order valence-electron chi connectivity index (χ0n) is 8.90. The molecule has 2 fully saturated rings. The molecule has 1 aliphatic heterocycles. The Morgan fingerprint density at radius 3 is 2.80 bits per heavy atom. The van der Waals surface area contributed by atoms with Crippen LogP contribution in [0.2, 0.25) is 0 Å². The molecule has 0 aromatic carbocycles. The Morgan fingerprint density at radius 2 is 2.27 bits per heavy atom. The van der Waals surface area contributed by atoms with Gasteiger partial charge in [0.2, 0.25) is 11.8 Å². The van der Waals surface area contributed by atoms with Gasteiger partial charge in [0.1, 0.15) is 0 Å². The second-order valence-electron chi connectivity index (χ2n) is 4.48. The summed E-state index contributed by atoms with van der Waals surface area (Å²) in [7, 11) is 0. The average Bonchev–Trinajstić information content (AvgIpc) is 2.92. The molecule has 84 valence electrons. The molecule has 1 saturated carbocycles. The number of carbonyl (C=O) groups is 2. The van der Waals surface area contributed by atoms with Crippen LogP contribution in [0.25, 0.3) is 0 Å². The van der Waals surface area contributed by atoms with Gasteiger partial charge in [-0.1, -0.05) is 0 Å². The van der Waals surface area contributed by atoms with E-state index in [0.717, 1.165) is 12.8 Å². The van der Waals surface area contributed by atoms with E-state index in [1.54, 1.807) is 6.92 Å². The van der Waals surface area contributed by atoms with Crippen LogP contribution in [0.3, 0.4) is 0 Å². The third-order valence-corrected chi connectivity index (χ3v) is 2.91. The Morgan fingerprint density at radius 1 is 1.60 bits per heavy atom. The van der Waals surface area contributed by atoms with E-state index in [1.165, 1.54) is 0 Å². The van der Waals surface area contributed by atoms with Gasteiger partial charge in [-0.05, 0) is 19.8 Å². The van der Waals surface area contributed by atoms with Gasteiger partial charge in [-0.2, -0.15) is 0 Å². The normalized spacial score (nSPS) is 28.0. The zero-order valence-corrected chi connectivity index (χ0v) is 8.90. The second kappa shape index (κ2) is 3.81. The quantitative estimate of drug-likeness (QED) is 0.642. The van der Waals surface area contributed by atoms with Crippen molar-refractivity contribution < 1.29 is 9.59 Å². The number of hydrogen-bond donors (Lipinski definition) is 2. The fourth-order valence-corrected chi connectivity index (χ4v) is 1.90. The maximum atomic E-state index is 11.6. The SMILES string of the molecule is C[C@H](N)C(=O)NC1CC(=O)N(C2CC2)C1. The Bertz CT molecular complexity index is 286. The predicted molar refractivity (Wildman–Crippen MR) is 54.9 cm³/mol. The molecule has 0 radical (unpaired) electrons. The number of likely N-dealkylation sites (tertiary alicyclic amines) is 1. The molecule has 1 saturated heterocycles. The summed E-state index contributed by atoms with van der Waals surface area (Å²) in [6.07, 6.45) is 2.65. The van der Waals surface area contributed by atoms with Gasteiger partial charge in [0.25, 0.3) is 0 Å². The maximum Gasteiger partial charge on any atom is 0.236 e. The topological polar surface area (TPSA) is 75.4 Å². The van der Waals surface area contributed by atoms with Gasteiger partial charge in [-0.3, -0.25) is 9.59 Å². The summed E-state index contributed by atoms with van der Waals surface area (Å²) in [5.41, 5.74) is 5.44. The van der Waals surface area contributed by atoms with E-state index < -0.39 is 6.04 Å². The molecule has 3 N–H and O–H groups in total. The van der Waals surface area contributed by atoms with Gasteiger partial charge < -0.3 is 16.0 Å². The zero-order chi connectivity index (χ0) is 11.0. The summed E-state index contributed by atoms with van der Waals surface area (Å²) in [5.74, 6) is -0.0158. The van der Waals surface area contributed by atoms with Crippen molar-refractivity contribution in [2.75, 3.05) is 6.54 Å². The molecule has 0 bridgehead atoms. The smallest absolute Gasteiger partial charge is 0.236 e. The van der Waals surface area contributed by atoms with Crippen molar-refractivity contribution in [2.45, 2.75) is 44.3 Å². The predicted octanol–water partition coefficient (Wildman–Crippen LogP) is -0.787. The van der Waals surface area contributed by atoms with E-state index >= 15 is 0 Å². The van der Waals surface area contributed by atoms with E-state index in [-0.39, 0.29) is 17.9 Å². The van der Waals surface area contributed by atoms with Crippen LogP contribution in [0.4, 0.5) is 0 Å². The molecule has 1 heterocycles. The van der Waals surface area contributed by atoms with Gasteiger partial charge in [0.15, 0.2) is 0 Å². The summed E-state index contributed by atoms with van der Waals surface area (Å²) in [5, 5.41) is 2.79. The molecule has 15 heavy (non-hydrogen) atoms. The van der Waals surface area contributed by atoms with Crippen molar-refractivity contribution in [1.82, 2.24) is 10.2 Å². The van der Waals surface area contributed by atoms with Gasteiger partial charge >= 0.3 is 0 Å². The minimum atomic E-state index is -0.505. The summed E-state index contributed by atoms with van der Waals surface area (Å²) in [6, 6.07) is -0.110. The number of nitrogens with one attached hydrogen (secondary N) is 1. The lowest BCUT2D eigenvalue weighted by Crippen LogP contribution is -2.45. The molecule has 2 amide bonds. The molecule has 0 spiro atoms. The molecule has 5 heteroatoms. The minimum Gasteiger partial charge on any atom is -0.350 e. The third-order valence-electron chi connectivity index (χ3n) is 2.91. The monoisotopic (exact) mass is 211 g/mol. The Kier molecular flexibility index (Phi) is 2.65. The maximum absolute atomic E-state index is 11.6. The van der Waals surface area contributed by atoms with Gasteiger partial charge in [0, 0.05) is 19.0 Å². The van der Waals surface area contributed by atoms with E-state index in [0.29, 0.717) is 19.0 Å². The second-order valence-corrected chi connectivity index (χ2v) is 4.48. The van der Waals surface area contributed by atoms with E-state index in [4.69, 9.17) is 5.73 Å². The molecule has 1 aliphatic carbocycles. The van der Waals surface area contributed by atoms with Crippen molar-refractivity contribution >= 4 is 11.8 Å². The number of nitrogens with two attached hydrogens (primary N) is 1. The standard InChI is InChI=1S/C10H17N3O2/c1-6(11)10(15)12-7-4-9(14)13(5-7)8-2-3-8/h6-8H,2-5,11H2,1H3,(H,12,15)/t6-,7?/m0/s1. The lowest BCUT2D eigenvalue weighted by atomic mass is 10.2. The number of hydrogen-bond acceptors (Lipinski definition) is 3. The molecular formula is C10H17N3O2. The Labute approximate surface area is 89.0 Å². The van der Waals surface area contributed by atoms with Crippen molar-refractivity contribution in [3.8, 4) is 0 Å². The van der Waals surface area contributed by atoms with Gasteiger partial charge in [-0.25, -0.2) is 0 Å². The largest absolute Gasteiger partial charge is 0.350 e. The number of nitrogens with zero attached hydrogens (tertiary/aromatic N) is 1. The molecule has 0 aromatic rings. The molecule has 2 aliphatic rings. The first kappa shape index (κ1) is 10.4. The van der Waals surface area contributed by atoms with Crippen LogP contribution in [-0.4, -0.2) is 41.4 Å². The molecule has 2 rings (SSSR count). The highest BCUT2D eigenvalue weighted by molar-refractivity contribution is 5.84. The van der Waals surface area contributed by atoms with Crippen LogP contribution in [0.15, 0.2) is 0 Å². The molecular weight excluding hydrogens is 194 g/mol. The molecule has 5 nitrogen and oxygen atoms in total. The van der Waals surface area contributed by atoms with Gasteiger partial charge in [-0.15, -0.1) is 0 Å². The van der Waals surface area contributed by atoms with Crippen LogP contribution in [-0.2, 0) is 9.59 Å². The van der Waals surface area contributed by atoms with Crippen molar-refractivity contribution in [1.29, 1.82) is 0 Å². The lowest BCUT2D eigenvalue weighted by Gasteiger charge is -2.16.